The maximum absolute atomic E-state index is 10.9. The summed E-state index contributed by atoms with van der Waals surface area (Å²) in [5, 5.41) is 11.1. The van der Waals surface area contributed by atoms with E-state index in [9.17, 15) is 10.0 Å². The minimum Gasteiger partial charge on any atom is -0.350 e. The van der Waals surface area contributed by atoms with Crippen LogP contribution in [0.1, 0.15) is 0 Å². The van der Waals surface area contributed by atoms with Crippen molar-refractivity contribution in [2.45, 2.75) is 16.3 Å². The Hall–Kier alpha value is -2.44. The van der Waals surface area contributed by atoms with E-state index in [1.54, 1.807) is 11.8 Å². The van der Waals surface area contributed by atoms with Crippen molar-refractivity contribution in [1.82, 2.24) is 9.63 Å². The third-order valence-electron chi connectivity index (χ3n) is 3.53. The maximum Gasteiger partial charge on any atom is 0.338 e. The highest BCUT2D eigenvalue weighted by atomic mass is 32.2. The van der Waals surface area contributed by atoms with Gasteiger partial charge >= 0.3 is 6.03 Å². The topological polar surface area (TPSA) is 71.5 Å². The van der Waals surface area contributed by atoms with Gasteiger partial charge in [0.25, 0.3) is 0 Å². The SMILES string of the molecule is NC(=O)N(O)CCn1cc(Sc2ccccc2)c2ccccc21. The summed E-state index contributed by atoms with van der Waals surface area (Å²) in [7, 11) is 0. The molecule has 3 N–H and O–H groups in total. The van der Waals surface area contributed by atoms with Crippen molar-refractivity contribution in [1.29, 1.82) is 0 Å². The Labute approximate surface area is 138 Å². The number of benzene rings is 2. The van der Waals surface area contributed by atoms with Crippen LogP contribution in [0.2, 0.25) is 0 Å². The Morgan fingerprint density at radius 3 is 2.57 bits per heavy atom. The molecule has 1 heterocycles. The molecular weight excluding hydrogens is 310 g/mol. The molecule has 118 valence electrons. The van der Waals surface area contributed by atoms with Gasteiger partial charge in [0.15, 0.2) is 0 Å². The summed E-state index contributed by atoms with van der Waals surface area (Å²) >= 11 is 1.69. The number of para-hydroxylation sites is 1. The minimum absolute atomic E-state index is 0.142. The molecule has 0 saturated heterocycles. The fourth-order valence-electron chi connectivity index (χ4n) is 2.41. The molecule has 5 nitrogen and oxygen atoms in total. The Bertz CT molecular complexity index is 817. The van der Waals surface area contributed by atoms with Crippen LogP contribution in [0.25, 0.3) is 10.9 Å². The molecule has 0 atom stereocenters. The van der Waals surface area contributed by atoms with Crippen LogP contribution in [-0.4, -0.2) is 27.4 Å². The summed E-state index contributed by atoms with van der Waals surface area (Å²) in [6, 6.07) is 17.4. The van der Waals surface area contributed by atoms with Gasteiger partial charge in [-0.25, -0.2) is 9.86 Å². The second-order valence-electron chi connectivity index (χ2n) is 5.08. The summed E-state index contributed by atoms with van der Waals surface area (Å²) in [4.78, 5) is 13.2. The van der Waals surface area contributed by atoms with Crippen molar-refractivity contribution >= 4 is 28.7 Å². The van der Waals surface area contributed by atoms with E-state index in [2.05, 4.69) is 18.2 Å². The van der Waals surface area contributed by atoms with Gasteiger partial charge in [0, 0.05) is 33.4 Å². The maximum atomic E-state index is 10.9. The molecule has 0 aliphatic carbocycles. The van der Waals surface area contributed by atoms with Crippen molar-refractivity contribution in [3.63, 3.8) is 0 Å². The van der Waals surface area contributed by atoms with E-state index in [4.69, 9.17) is 5.73 Å². The number of aromatic nitrogens is 1. The van der Waals surface area contributed by atoms with E-state index in [-0.39, 0.29) is 6.54 Å². The summed E-state index contributed by atoms with van der Waals surface area (Å²) in [6.07, 6.45) is 2.04. The highest BCUT2D eigenvalue weighted by molar-refractivity contribution is 7.99. The molecule has 0 radical (unpaired) electrons. The molecule has 2 amide bonds. The van der Waals surface area contributed by atoms with E-state index < -0.39 is 6.03 Å². The van der Waals surface area contributed by atoms with Crippen LogP contribution in [0.3, 0.4) is 0 Å². The van der Waals surface area contributed by atoms with Gasteiger partial charge in [-0.3, -0.25) is 5.21 Å². The number of nitrogens with zero attached hydrogens (tertiary/aromatic N) is 2. The number of fused-ring (bicyclic) bond motifs is 1. The molecule has 0 fully saturated rings. The molecule has 6 heteroatoms. The van der Waals surface area contributed by atoms with E-state index >= 15 is 0 Å². The Balaban J connectivity index is 1.89. The summed E-state index contributed by atoms with van der Waals surface area (Å²) in [5.74, 6) is 0. The van der Waals surface area contributed by atoms with Gasteiger partial charge in [0.2, 0.25) is 0 Å². The zero-order chi connectivity index (χ0) is 16.2. The number of urea groups is 1. The molecule has 2 aromatic carbocycles. The van der Waals surface area contributed by atoms with Gasteiger partial charge in [-0.1, -0.05) is 48.2 Å². The normalized spacial score (nSPS) is 10.8. The molecule has 0 spiro atoms. The lowest BCUT2D eigenvalue weighted by molar-refractivity contribution is -0.0413. The van der Waals surface area contributed by atoms with Crippen LogP contribution >= 0.6 is 11.8 Å². The van der Waals surface area contributed by atoms with E-state index in [1.807, 2.05) is 47.2 Å². The lowest BCUT2D eigenvalue weighted by Crippen LogP contribution is -2.34. The van der Waals surface area contributed by atoms with E-state index in [0.717, 1.165) is 20.7 Å². The third-order valence-corrected chi connectivity index (χ3v) is 4.58. The Morgan fingerprint density at radius 2 is 1.83 bits per heavy atom. The first-order valence-electron chi connectivity index (χ1n) is 7.22. The predicted molar refractivity (Wildman–Crippen MR) is 90.6 cm³/mol. The van der Waals surface area contributed by atoms with Crippen LogP contribution in [-0.2, 0) is 6.54 Å². The van der Waals surface area contributed by atoms with Crippen LogP contribution in [0, 0.1) is 0 Å². The molecule has 23 heavy (non-hydrogen) atoms. The van der Waals surface area contributed by atoms with Gasteiger partial charge in [0.1, 0.15) is 0 Å². The van der Waals surface area contributed by atoms with Gasteiger partial charge in [-0.05, 0) is 18.2 Å². The third kappa shape index (κ3) is 3.49. The average molecular weight is 327 g/mol. The lowest BCUT2D eigenvalue weighted by Gasteiger charge is -2.12. The molecule has 0 saturated carbocycles. The largest absolute Gasteiger partial charge is 0.350 e. The van der Waals surface area contributed by atoms with Gasteiger partial charge in [0.05, 0.1) is 6.54 Å². The minimum atomic E-state index is -0.847. The van der Waals surface area contributed by atoms with Gasteiger partial charge < -0.3 is 10.3 Å². The zero-order valence-electron chi connectivity index (χ0n) is 12.4. The highest BCUT2D eigenvalue weighted by Gasteiger charge is 2.11. The summed E-state index contributed by atoms with van der Waals surface area (Å²) in [5.41, 5.74) is 6.10. The molecule has 3 rings (SSSR count). The van der Waals surface area contributed by atoms with Crippen LogP contribution in [0.15, 0.2) is 70.6 Å². The molecular formula is C17H17N3O2S. The highest BCUT2D eigenvalue weighted by Crippen LogP contribution is 2.34. The molecule has 1 aromatic heterocycles. The number of hydrogen-bond donors (Lipinski definition) is 2. The predicted octanol–water partition coefficient (Wildman–Crippen LogP) is 3.56. The number of carbonyl (C=O) groups is 1. The zero-order valence-corrected chi connectivity index (χ0v) is 13.2. The fourth-order valence-corrected chi connectivity index (χ4v) is 3.42. The number of hydroxylamine groups is 2. The Kier molecular flexibility index (Phi) is 4.55. The lowest BCUT2D eigenvalue weighted by atomic mass is 10.2. The smallest absolute Gasteiger partial charge is 0.338 e. The monoisotopic (exact) mass is 327 g/mol. The van der Waals surface area contributed by atoms with Crippen molar-refractivity contribution < 1.29 is 10.0 Å². The number of nitrogens with two attached hydrogens (primary N) is 1. The summed E-state index contributed by atoms with van der Waals surface area (Å²) < 4.78 is 2.02. The first kappa shape index (κ1) is 15.5. The molecule has 0 bridgehead atoms. The second kappa shape index (κ2) is 6.76. The first-order chi connectivity index (χ1) is 11.1. The van der Waals surface area contributed by atoms with Crippen molar-refractivity contribution in [2.75, 3.05) is 6.54 Å². The number of amides is 2. The van der Waals surface area contributed by atoms with Crippen LogP contribution in [0.4, 0.5) is 4.79 Å². The number of primary amides is 1. The number of hydrogen-bond acceptors (Lipinski definition) is 3. The summed E-state index contributed by atoms with van der Waals surface area (Å²) in [6.45, 7) is 0.610. The number of carbonyl (C=O) groups excluding carboxylic acids is 1. The van der Waals surface area contributed by atoms with Crippen molar-refractivity contribution in [3.8, 4) is 0 Å². The van der Waals surface area contributed by atoms with Gasteiger partial charge in [-0.2, -0.15) is 0 Å². The fraction of sp³-hybridized carbons (Fsp3) is 0.118. The standard InChI is InChI=1S/C17H17N3O2S/c18-17(21)20(22)11-10-19-12-16(14-8-4-5-9-15(14)19)23-13-6-2-1-3-7-13/h1-9,12,22H,10-11H2,(H2,18,21). The Morgan fingerprint density at radius 1 is 1.13 bits per heavy atom. The quantitative estimate of drug-likeness (QED) is 0.556. The molecule has 0 aliphatic heterocycles. The molecule has 0 aliphatic rings. The van der Waals surface area contributed by atoms with E-state index in [0.29, 0.717) is 11.6 Å². The first-order valence-corrected chi connectivity index (χ1v) is 8.03. The number of rotatable bonds is 5. The van der Waals surface area contributed by atoms with E-state index in [1.165, 1.54) is 0 Å². The van der Waals surface area contributed by atoms with Crippen LogP contribution < -0.4 is 5.73 Å². The molecule has 0 unspecified atom stereocenters. The average Bonchev–Trinajstić information content (AvgIpc) is 2.91. The second-order valence-corrected chi connectivity index (χ2v) is 6.20. The molecule has 3 aromatic rings. The van der Waals surface area contributed by atoms with Gasteiger partial charge in [-0.15, -0.1) is 0 Å². The van der Waals surface area contributed by atoms with Crippen LogP contribution in [0.5, 0.6) is 0 Å². The van der Waals surface area contributed by atoms with Crippen molar-refractivity contribution in [2.24, 2.45) is 5.73 Å². The van der Waals surface area contributed by atoms with Crippen molar-refractivity contribution in [3.05, 3.63) is 60.8 Å².